The molecule has 0 bridgehead atoms. The highest BCUT2D eigenvalue weighted by Gasteiger charge is 2.30. The zero-order valence-electron chi connectivity index (χ0n) is 6.75. The van der Waals surface area contributed by atoms with E-state index in [1.165, 1.54) is 12.1 Å². The van der Waals surface area contributed by atoms with Gasteiger partial charge in [-0.2, -0.15) is 13.2 Å². The molecule has 0 heterocycles. The van der Waals surface area contributed by atoms with E-state index >= 15 is 0 Å². The molecule has 1 aromatic rings. The lowest BCUT2D eigenvalue weighted by Crippen LogP contribution is -3.00. The lowest BCUT2D eigenvalue weighted by atomic mass is 10.2. The van der Waals surface area contributed by atoms with Crippen LogP contribution in [0.2, 0.25) is 0 Å². The van der Waals surface area contributed by atoms with E-state index in [9.17, 15) is 13.2 Å². The zero-order chi connectivity index (χ0) is 9.19. The third-order valence-corrected chi connectivity index (χ3v) is 1.34. The Balaban J connectivity index is 0. The van der Waals surface area contributed by atoms with Crippen molar-refractivity contribution in [2.75, 3.05) is 0 Å². The molecule has 0 amide bonds. The Morgan fingerprint density at radius 3 is 1.79 bits per heavy atom. The Hall–Kier alpha value is -0.920. The average Bonchev–Trinajstić information content (AvgIpc) is 2.03. The molecule has 0 N–H and O–H groups in total. The molecule has 0 saturated carbocycles. The lowest BCUT2D eigenvalue weighted by Gasteiger charge is -2.03. The third kappa shape index (κ3) is 3.86. The van der Waals surface area contributed by atoms with E-state index in [1.54, 1.807) is 0 Å². The molecule has 1 nitrogen and oxygen atoms in total. The maximum atomic E-state index is 12.0. The standard InChI is InChI=1S/C8H5F3N.2ClH/c1-12-7-4-2-6(3-5-7)8(9,10)11;;/h1-5H;2*1H/q+1;;/p-1. The minimum Gasteiger partial charge on any atom is -1.00 e. The molecule has 0 aliphatic heterocycles. The van der Waals surface area contributed by atoms with E-state index in [-0.39, 0.29) is 24.8 Å². The van der Waals surface area contributed by atoms with Gasteiger partial charge in [0.1, 0.15) is 0 Å². The minimum absolute atomic E-state index is 0. The summed E-state index contributed by atoms with van der Waals surface area (Å²) in [6, 6.07) is 4.29. The fourth-order valence-electron chi connectivity index (χ4n) is 0.736. The third-order valence-electron chi connectivity index (χ3n) is 1.34. The summed E-state index contributed by atoms with van der Waals surface area (Å²) in [5, 5.41) is 0. The SMILES string of the molecule is C#[N+]c1ccc(C(F)(F)F)cc1.Cl.[Cl-]. The Labute approximate surface area is 91.6 Å². The van der Waals surface area contributed by atoms with Gasteiger partial charge in [0.05, 0.1) is 5.56 Å². The summed E-state index contributed by atoms with van der Waals surface area (Å²) in [6.45, 7) is 4.85. The number of alkyl halides is 3. The van der Waals surface area contributed by atoms with Gasteiger partial charge in [0, 0.05) is 12.1 Å². The minimum atomic E-state index is -4.30. The van der Waals surface area contributed by atoms with E-state index < -0.39 is 11.7 Å². The van der Waals surface area contributed by atoms with Crippen molar-refractivity contribution in [1.29, 1.82) is 0 Å². The molecule has 0 aromatic heterocycles. The molecule has 1 rings (SSSR count). The number of benzene rings is 1. The summed E-state index contributed by atoms with van der Waals surface area (Å²) in [7, 11) is 0. The Kier molecular flexibility index (Phi) is 6.37. The molecule has 0 aliphatic carbocycles. The van der Waals surface area contributed by atoms with Crippen molar-refractivity contribution >= 4 is 18.1 Å². The van der Waals surface area contributed by atoms with Crippen LogP contribution in [0.1, 0.15) is 5.56 Å². The molecule has 0 unspecified atom stereocenters. The van der Waals surface area contributed by atoms with Gasteiger partial charge in [0.2, 0.25) is 0 Å². The van der Waals surface area contributed by atoms with Crippen molar-refractivity contribution < 1.29 is 25.6 Å². The number of nitrogens with zero attached hydrogens (tertiary/aromatic N) is 1. The Morgan fingerprint density at radius 1 is 1.07 bits per heavy atom. The van der Waals surface area contributed by atoms with E-state index in [2.05, 4.69) is 4.85 Å². The summed E-state index contributed by atoms with van der Waals surface area (Å²) < 4.78 is 35.9. The van der Waals surface area contributed by atoms with E-state index in [1.807, 2.05) is 0 Å². The maximum Gasteiger partial charge on any atom is 0.416 e. The van der Waals surface area contributed by atoms with Crippen molar-refractivity contribution in [3.63, 3.8) is 0 Å². The van der Waals surface area contributed by atoms with Gasteiger partial charge in [-0.25, -0.2) is 0 Å². The highest BCUT2D eigenvalue weighted by Crippen LogP contribution is 2.30. The van der Waals surface area contributed by atoms with Crippen LogP contribution in [0.5, 0.6) is 0 Å². The largest absolute Gasteiger partial charge is 1.00 e. The molecule has 0 aliphatic rings. The predicted molar refractivity (Wildman–Crippen MR) is 46.7 cm³/mol. The van der Waals surface area contributed by atoms with Crippen molar-refractivity contribution in [2.24, 2.45) is 0 Å². The maximum absolute atomic E-state index is 12.0. The average molecular weight is 244 g/mol. The van der Waals surface area contributed by atoms with Crippen molar-refractivity contribution in [3.8, 4) is 6.57 Å². The smallest absolute Gasteiger partial charge is 0.416 e. The van der Waals surface area contributed by atoms with Gasteiger partial charge < -0.3 is 12.4 Å². The van der Waals surface area contributed by atoms with Gasteiger partial charge in [-0.1, -0.05) is 0 Å². The number of hydrogen-bond donors (Lipinski definition) is 0. The number of rotatable bonds is 0. The second kappa shape index (κ2) is 5.74. The van der Waals surface area contributed by atoms with Crippen molar-refractivity contribution in [3.05, 3.63) is 34.7 Å². The van der Waals surface area contributed by atoms with Crippen molar-refractivity contribution in [2.45, 2.75) is 6.18 Å². The van der Waals surface area contributed by atoms with Crippen LogP contribution in [-0.2, 0) is 6.18 Å². The summed E-state index contributed by atoms with van der Waals surface area (Å²) in [6.07, 6.45) is -4.30. The zero-order valence-corrected chi connectivity index (χ0v) is 8.33. The summed E-state index contributed by atoms with van der Waals surface area (Å²) in [5.74, 6) is 0. The highest BCUT2D eigenvalue weighted by molar-refractivity contribution is 5.85. The van der Waals surface area contributed by atoms with Crippen LogP contribution in [0.25, 0.3) is 4.85 Å². The van der Waals surface area contributed by atoms with Gasteiger partial charge >= 0.3 is 11.9 Å². The molecule has 0 fully saturated rings. The molecule has 0 saturated heterocycles. The topological polar surface area (TPSA) is 4.36 Å². The Bertz CT molecular complexity index is 313. The molecular weight excluding hydrogens is 238 g/mol. The van der Waals surface area contributed by atoms with E-state index in [0.717, 1.165) is 12.1 Å². The quantitative estimate of drug-likeness (QED) is 0.633. The van der Waals surface area contributed by atoms with Gasteiger partial charge in [-0.05, 0) is 17.0 Å². The van der Waals surface area contributed by atoms with Gasteiger partial charge in [-0.15, -0.1) is 12.4 Å². The molecule has 1 aromatic carbocycles. The first kappa shape index (κ1) is 15.5. The first-order valence-corrected chi connectivity index (χ1v) is 3.12. The molecular formula is C8H6Cl2F3N. The normalized spacial score (nSPS) is 9.29. The molecule has 0 spiro atoms. The molecule has 14 heavy (non-hydrogen) atoms. The van der Waals surface area contributed by atoms with Crippen molar-refractivity contribution in [1.82, 2.24) is 0 Å². The molecule has 6 heteroatoms. The monoisotopic (exact) mass is 243 g/mol. The van der Waals surface area contributed by atoms with Gasteiger partial charge in [-0.3, -0.25) is 0 Å². The summed E-state index contributed by atoms with van der Waals surface area (Å²) >= 11 is 0. The van der Waals surface area contributed by atoms with Crippen LogP contribution in [0.15, 0.2) is 24.3 Å². The summed E-state index contributed by atoms with van der Waals surface area (Å²) in [4.78, 5) is 3.23. The first-order chi connectivity index (χ1) is 5.54. The molecule has 0 radical (unpaired) electrons. The number of hydrogen-bond acceptors (Lipinski definition) is 0. The van der Waals surface area contributed by atoms with Crippen LogP contribution in [-0.4, -0.2) is 0 Å². The van der Waals surface area contributed by atoms with Crippen LogP contribution < -0.4 is 12.4 Å². The predicted octanol–water partition coefficient (Wildman–Crippen LogP) is 0.725. The summed E-state index contributed by atoms with van der Waals surface area (Å²) in [5.41, 5.74) is -0.377. The Morgan fingerprint density at radius 2 is 1.50 bits per heavy atom. The fraction of sp³-hybridized carbons (Fsp3) is 0.125. The lowest BCUT2D eigenvalue weighted by molar-refractivity contribution is -0.137. The van der Waals surface area contributed by atoms with E-state index in [4.69, 9.17) is 6.57 Å². The van der Waals surface area contributed by atoms with Crippen LogP contribution in [0, 0.1) is 6.57 Å². The van der Waals surface area contributed by atoms with Gasteiger partial charge in [0.15, 0.2) is 0 Å². The first-order valence-electron chi connectivity index (χ1n) is 3.12. The molecule has 78 valence electrons. The van der Waals surface area contributed by atoms with Crippen LogP contribution in [0.4, 0.5) is 18.9 Å². The second-order valence-electron chi connectivity index (χ2n) is 2.17. The van der Waals surface area contributed by atoms with Crippen LogP contribution >= 0.6 is 12.4 Å². The van der Waals surface area contributed by atoms with E-state index in [0.29, 0.717) is 5.69 Å². The second-order valence-corrected chi connectivity index (χ2v) is 2.17. The number of halogens is 5. The highest BCUT2D eigenvalue weighted by atomic mass is 35.5. The van der Waals surface area contributed by atoms with Crippen LogP contribution in [0.3, 0.4) is 0 Å². The fourth-order valence-corrected chi connectivity index (χ4v) is 0.736. The molecule has 0 atom stereocenters. The van der Waals surface area contributed by atoms with Gasteiger partial charge in [0.25, 0.3) is 6.57 Å².